The minimum absolute atomic E-state index is 0.0283. The van der Waals surface area contributed by atoms with E-state index in [1.165, 1.54) is 11.3 Å². The zero-order valence-electron chi connectivity index (χ0n) is 17.6. The summed E-state index contributed by atoms with van der Waals surface area (Å²) in [6.07, 6.45) is 0.982. The molecule has 0 spiro atoms. The Kier molecular flexibility index (Phi) is 7.88. The van der Waals surface area contributed by atoms with Gasteiger partial charge in [-0.25, -0.2) is 0 Å². The fourth-order valence-electron chi connectivity index (χ4n) is 3.69. The van der Waals surface area contributed by atoms with Crippen molar-refractivity contribution in [3.63, 3.8) is 0 Å². The first kappa shape index (κ1) is 22.7. The molecule has 0 aliphatic carbocycles. The van der Waals surface area contributed by atoms with Crippen LogP contribution in [0.3, 0.4) is 0 Å². The van der Waals surface area contributed by atoms with Crippen LogP contribution in [0.15, 0.2) is 30.3 Å². The number of anilines is 1. The van der Waals surface area contributed by atoms with E-state index in [2.05, 4.69) is 17.1 Å². The summed E-state index contributed by atoms with van der Waals surface area (Å²) in [6.45, 7) is 7.87. The molecule has 1 aliphatic heterocycles. The predicted octanol–water partition coefficient (Wildman–Crippen LogP) is 4.15. The first-order chi connectivity index (χ1) is 14.4. The fourth-order valence-corrected chi connectivity index (χ4v) is 4.95. The highest BCUT2D eigenvalue weighted by molar-refractivity contribution is 7.18. The van der Waals surface area contributed by atoms with Gasteiger partial charge in [-0.05, 0) is 37.1 Å². The van der Waals surface area contributed by atoms with Crippen LogP contribution in [-0.2, 0) is 4.74 Å². The Hall–Kier alpha value is -1.93. The topological polar surface area (TPSA) is 61.9 Å². The minimum atomic E-state index is -0.279. The number of carbonyl (C=O) groups excluding carboxylic acids is 2. The van der Waals surface area contributed by atoms with Crippen molar-refractivity contribution < 1.29 is 14.3 Å². The third-order valence-corrected chi connectivity index (χ3v) is 6.88. The molecule has 0 saturated carbocycles. The first-order valence-corrected chi connectivity index (χ1v) is 11.3. The highest BCUT2D eigenvalue weighted by Crippen LogP contribution is 2.29. The maximum Gasteiger partial charge on any atom is 0.264 e. The van der Waals surface area contributed by atoms with Gasteiger partial charge in [0.05, 0.1) is 27.1 Å². The number of hydrogen-bond donors (Lipinski definition) is 1. The largest absolute Gasteiger partial charge is 0.383 e. The maximum atomic E-state index is 13.2. The van der Waals surface area contributed by atoms with Crippen LogP contribution in [0.1, 0.15) is 38.9 Å². The van der Waals surface area contributed by atoms with Crippen molar-refractivity contribution in [1.29, 1.82) is 0 Å². The molecule has 1 aromatic carbocycles. The summed E-state index contributed by atoms with van der Waals surface area (Å²) in [7, 11) is 1.71. The van der Waals surface area contributed by atoms with E-state index >= 15 is 0 Å². The summed E-state index contributed by atoms with van der Waals surface area (Å²) in [5.41, 5.74) is 1.28. The second-order valence-corrected chi connectivity index (χ2v) is 8.86. The van der Waals surface area contributed by atoms with Crippen molar-refractivity contribution in [2.45, 2.75) is 26.3 Å². The molecule has 30 heavy (non-hydrogen) atoms. The van der Waals surface area contributed by atoms with Gasteiger partial charge in [0.25, 0.3) is 11.8 Å². The van der Waals surface area contributed by atoms with Gasteiger partial charge in [0.1, 0.15) is 0 Å². The summed E-state index contributed by atoms with van der Waals surface area (Å²) in [4.78, 5) is 30.7. The number of hydrogen-bond acceptors (Lipinski definition) is 5. The number of thiophene rings is 1. The van der Waals surface area contributed by atoms with E-state index in [4.69, 9.17) is 16.3 Å². The minimum Gasteiger partial charge on any atom is -0.383 e. The molecule has 1 N–H and O–H groups in total. The van der Waals surface area contributed by atoms with Gasteiger partial charge in [0, 0.05) is 39.3 Å². The van der Waals surface area contributed by atoms with Crippen LogP contribution in [0.5, 0.6) is 0 Å². The number of piperazine rings is 1. The van der Waals surface area contributed by atoms with Crippen LogP contribution in [0, 0.1) is 6.92 Å². The molecule has 1 aromatic heterocycles. The third kappa shape index (κ3) is 5.21. The Bertz CT molecular complexity index is 902. The van der Waals surface area contributed by atoms with E-state index in [1.54, 1.807) is 31.4 Å². The molecular formula is C22H28ClN3O3S. The molecule has 0 radical (unpaired) electrons. The monoisotopic (exact) mass is 449 g/mol. The lowest BCUT2D eigenvalue weighted by atomic mass is 10.1. The number of nitrogens with one attached hydrogen (secondary N) is 1. The standard InChI is InChI=1S/C22H28ClN3O3S/c1-4-16-14-26(10-9-25(16)11-12-29-3)22(28)20-15(2)13-19(30-20)24-21(27)17-7-5-6-8-18(17)23/h5-8,13,16H,4,9-12,14H2,1-3H3,(H,24,27). The summed E-state index contributed by atoms with van der Waals surface area (Å²) in [5.74, 6) is -0.251. The Labute approximate surface area is 186 Å². The molecule has 2 heterocycles. The van der Waals surface area contributed by atoms with Gasteiger partial charge in [-0.2, -0.15) is 0 Å². The van der Waals surface area contributed by atoms with Crippen molar-refractivity contribution in [3.05, 3.63) is 51.4 Å². The smallest absolute Gasteiger partial charge is 0.264 e. The zero-order chi connectivity index (χ0) is 21.7. The summed E-state index contributed by atoms with van der Waals surface area (Å²) in [5, 5.41) is 3.92. The van der Waals surface area contributed by atoms with Gasteiger partial charge in [0.2, 0.25) is 0 Å². The third-order valence-electron chi connectivity index (χ3n) is 5.41. The first-order valence-electron chi connectivity index (χ1n) is 10.1. The van der Waals surface area contributed by atoms with Crippen LogP contribution in [0.25, 0.3) is 0 Å². The average molecular weight is 450 g/mol. The van der Waals surface area contributed by atoms with Gasteiger partial charge >= 0.3 is 0 Å². The Morgan fingerprint density at radius 1 is 1.30 bits per heavy atom. The maximum absolute atomic E-state index is 13.2. The number of nitrogens with zero attached hydrogens (tertiary/aromatic N) is 2. The second kappa shape index (κ2) is 10.4. The van der Waals surface area contributed by atoms with E-state index in [0.29, 0.717) is 46.2 Å². The van der Waals surface area contributed by atoms with Crippen LogP contribution < -0.4 is 5.32 Å². The molecule has 162 valence electrons. The lowest BCUT2D eigenvalue weighted by Gasteiger charge is -2.41. The number of amides is 2. The van der Waals surface area contributed by atoms with Gasteiger partial charge in [-0.3, -0.25) is 14.5 Å². The molecule has 2 aromatic rings. The van der Waals surface area contributed by atoms with E-state index in [0.717, 1.165) is 25.1 Å². The normalized spacial score (nSPS) is 17.2. The molecule has 8 heteroatoms. The Morgan fingerprint density at radius 2 is 2.07 bits per heavy atom. The average Bonchev–Trinajstić information content (AvgIpc) is 3.11. The molecule has 1 atom stereocenters. The predicted molar refractivity (Wildman–Crippen MR) is 122 cm³/mol. The lowest BCUT2D eigenvalue weighted by molar-refractivity contribution is 0.0387. The molecular weight excluding hydrogens is 422 g/mol. The quantitative estimate of drug-likeness (QED) is 0.689. The van der Waals surface area contributed by atoms with Crippen molar-refractivity contribution in [1.82, 2.24) is 9.80 Å². The lowest BCUT2D eigenvalue weighted by Crippen LogP contribution is -2.55. The van der Waals surface area contributed by atoms with E-state index < -0.39 is 0 Å². The molecule has 1 unspecified atom stereocenters. The van der Waals surface area contributed by atoms with Crippen molar-refractivity contribution in [2.24, 2.45) is 0 Å². The number of rotatable bonds is 7. The second-order valence-electron chi connectivity index (χ2n) is 7.40. The number of benzene rings is 1. The zero-order valence-corrected chi connectivity index (χ0v) is 19.2. The molecule has 1 aliphatic rings. The summed E-state index contributed by atoms with van der Waals surface area (Å²) in [6, 6.07) is 9.09. The number of aryl methyl sites for hydroxylation is 1. The van der Waals surface area contributed by atoms with Crippen LogP contribution in [0.2, 0.25) is 5.02 Å². The highest BCUT2D eigenvalue weighted by atomic mass is 35.5. The summed E-state index contributed by atoms with van der Waals surface area (Å²) >= 11 is 7.43. The van der Waals surface area contributed by atoms with Crippen LogP contribution in [0.4, 0.5) is 5.00 Å². The van der Waals surface area contributed by atoms with Gasteiger partial charge < -0.3 is 15.0 Å². The van der Waals surface area contributed by atoms with Crippen molar-refractivity contribution >= 4 is 39.8 Å². The highest BCUT2D eigenvalue weighted by Gasteiger charge is 2.30. The van der Waals surface area contributed by atoms with E-state index in [1.807, 2.05) is 17.9 Å². The van der Waals surface area contributed by atoms with Gasteiger partial charge in [-0.1, -0.05) is 30.7 Å². The van der Waals surface area contributed by atoms with Gasteiger partial charge in [-0.15, -0.1) is 11.3 Å². The number of carbonyl (C=O) groups is 2. The van der Waals surface area contributed by atoms with E-state index in [-0.39, 0.29) is 11.8 Å². The van der Waals surface area contributed by atoms with Gasteiger partial charge in [0.15, 0.2) is 0 Å². The molecule has 6 nitrogen and oxygen atoms in total. The molecule has 2 amide bonds. The van der Waals surface area contributed by atoms with Crippen LogP contribution in [-0.4, -0.2) is 67.6 Å². The fraction of sp³-hybridized carbons (Fsp3) is 0.455. The molecule has 0 bridgehead atoms. The summed E-state index contributed by atoms with van der Waals surface area (Å²) < 4.78 is 5.21. The van der Waals surface area contributed by atoms with Crippen molar-refractivity contribution in [3.8, 4) is 0 Å². The number of ether oxygens (including phenoxy) is 1. The molecule has 3 rings (SSSR count). The number of halogens is 1. The van der Waals surface area contributed by atoms with E-state index in [9.17, 15) is 9.59 Å². The molecule has 1 fully saturated rings. The molecule has 1 saturated heterocycles. The Balaban J connectivity index is 1.68. The Morgan fingerprint density at radius 3 is 2.77 bits per heavy atom. The number of methoxy groups -OCH3 is 1. The SMILES string of the molecule is CCC1CN(C(=O)c2sc(NC(=O)c3ccccc3Cl)cc2C)CCN1CCOC. The van der Waals surface area contributed by atoms with Crippen molar-refractivity contribution in [2.75, 3.05) is 45.2 Å². The van der Waals surface area contributed by atoms with Crippen LogP contribution >= 0.6 is 22.9 Å².